The van der Waals surface area contributed by atoms with Gasteiger partial charge >= 0.3 is 0 Å². The molecule has 0 atom stereocenters. The van der Waals surface area contributed by atoms with Crippen molar-refractivity contribution in [2.24, 2.45) is 0 Å². The summed E-state index contributed by atoms with van der Waals surface area (Å²) < 4.78 is 10.6. The van der Waals surface area contributed by atoms with Crippen molar-refractivity contribution in [3.63, 3.8) is 0 Å². The summed E-state index contributed by atoms with van der Waals surface area (Å²) in [6, 6.07) is 9.09. The quantitative estimate of drug-likeness (QED) is 0.933. The molecule has 0 unspecified atom stereocenters. The average Bonchev–Trinajstić information content (AvgIpc) is 3.00. The van der Waals surface area contributed by atoms with E-state index in [9.17, 15) is 4.79 Å². The molecule has 22 heavy (non-hydrogen) atoms. The van der Waals surface area contributed by atoms with Crippen LogP contribution in [0.15, 0.2) is 36.5 Å². The second-order valence-electron chi connectivity index (χ2n) is 5.17. The van der Waals surface area contributed by atoms with Crippen molar-refractivity contribution in [2.45, 2.75) is 6.54 Å². The molecular weight excluding hydrogens is 282 g/mol. The lowest BCUT2D eigenvalue weighted by Gasteiger charge is -2.12. The predicted octanol–water partition coefficient (Wildman–Crippen LogP) is 1.81. The highest BCUT2D eigenvalue weighted by molar-refractivity contribution is 5.94. The van der Waals surface area contributed by atoms with Gasteiger partial charge in [-0.3, -0.25) is 4.79 Å². The highest BCUT2D eigenvalue weighted by Gasteiger charge is 2.14. The molecule has 1 amide bonds. The van der Waals surface area contributed by atoms with Crippen LogP contribution in [0, 0.1) is 0 Å². The van der Waals surface area contributed by atoms with Crippen LogP contribution in [0.1, 0.15) is 15.9 Å². The summed E-state index contributed by atoms with van der Waals surface area (Å²) in [5.74, 6) is 2.06. The number of nitrogens with zero attached hydrogens (tertiary/aromatic N) is 2. The van der Waals surface area contributed by atoms with Gasteiger partial charge in [-0.05, 0) is 29.8 Å². The third-order valence-electron chi connectivity index (χ3n) is 3.36. The normalized spacial score (nSPS) is 12.1. The summed E-state index contributed by atoms with van der Waals surface area (Å²) in [5.41, 5.74) is 1.54. The van der Waals surface area contributed by atoms with E-state index in [1.54, 1.807) is 18.3 Å². The Morgan fingerprint density at radius 2 is 2.05 bits per heavy atom. The van der Waals surface area contributed by atoms with Crippen LogP contribution in [0.4, 0.5) is 5.82 Å². The number of hydrogen-bond donors (Lipinski definition) is 1. The topological polar surface area (TPSA) is 63.7 Å². The molecule has 2 heterocycles. The zero-order valence-corrected chi connectivity index (χ0v) is 12.5. The number of benzene rings is 1. The van der Waals surface area contributed by atoms with Crippen LogP contribution in [0.5, 0.6) is 11.5 Å². The van der Waals surface area contributed by atoms with Crippen molar-refractivity contribution in [1.29, 1.82) is 0 Å². The van der Waals surface area contributed by atoms with E-state index in [1.807, 2.05) is 37.2 Å². The lowest BCUT2D eigenvalue weighted by atomic mass is 10.2. The lowest BCUT2D eigenvalue weighted by molar-refractivity contribution is 0.0950. The maximum Gasteiger partial charge on any atom is 0.251 e. The first-order valence-electron chi connectivity index (χ1n) is 6.93. The number of rotatable bonds is 4. The van der Waals surface area contributed by atoms with Gasteiger partial charge in [-0.2, -0.15) is 0 Å². The molecule has 0 saturated carbocycles. The number of nitrogens with one attached hydrogen (secondary N) is 1. The first kappa shape index (κ1) is 14.2. The van der Waals surface area contributed by atoms with Gasteiger partial charge in [0.1, 0.15) is 5.82 Å². The monoisotopic (exact) mass is 299 g/mol. The number of anilines is 1. The van der Waals surface area contributed by atoms with Gasteiger partial charge in [-0.1, -0.05) is 6.07 Å². The van der Waals surface area contributed by atoms with Crippen LogP contribution in [0.25, 0.3) is 0 Å². The average molecular weight is 299 g/mol. The second kappa shape index (κ2) is 5.93. The second-order valence-corrected chi connectivity index (χ2v) is 5.17. The smallest absolute Gasteiger partial charge is 0.251 e. The van der Waals surface area contributed by atoms with Crippen LogP contribution in [-0.2, 0) is 6.54 Å². The minimum atomic E-state index is -0.136. The molecule has 0 saturated heterocycles. The number of carbonyl (C=O) groups is 1. The number of pyridine rings is 1. The van der Waals surface area contributed by atoms with E-state index in [0.29, 0.717) is 17.9 Å². The Bertz CT molecular complexity index is 701. The first-order chi connectivity index (χ1) is 10.6. The van der Waals surface area contributed by atoms with Gasteiger partial charge in [0.25, 0.3) is 5.91 Å². The molecule has 1 aromatic heterocycles. The molecule has 0 spiro atoms. The zero-order valence-electron chi connectivity index (χ0n) is 12.5. The molecule has 0 aliphatic carbocycles. The van der Waals surface area contributed by atoms with Crippen molar-refractivity contribution in [3.8, 4) is 11.5 Å². The van der Waals surface area contributed by atoms with Gasteiger partial charge in [-0.15, -0.1) is 0 Å². The molecule has 2 aromatic rings. The fourth-order valence-corrected chi connectivity index (χ4v) is 2.14. The van der Waals surface area contributed by atoms with Gasteiger partial charge in [0.15, 0.2) is 11.5 Å². The van der Waals surface area contributed by atoms with Crippen LogP contribution in [0.3, 0.4) is 0 Å². The molecule has 0 fully saturated rings. The largest absolute Gasteiger partial charge is 0.454 e. The number of carbonyl (C=O) groups excluding carboxylic acids is 1. The molecule has 0 bridgehead atoms. The summed E-state index contributed by atoms with van der Waals surface area (Å²) in [7, 11) is 3.77. The van der Waals surface area contributed by atoms with Gasteiger partial charge in [0.05, 0.1) is 0 Å². The van der Waals surface area contributed by atoms with Gasteiger partial charge < -0.3 is 19.7 Å². The molecule has 6 nitrogen and oxygen atoms in total. The van der Waals surface area contributed by atoms with Crippen molar-refractivity contribution in [2.75, 3.05) is 25.8 Å². The van der Waals surface area contributed by atoms with Gasteiger partial charge in [0, 0.05) is 32.4 Å². The summed E-state index contributed by atoms with van der Waals surface area (Å²) in [5, 5.41) is 2.89. The molecule has 0 radical (unpaired) electrons. The Kier molecular flexibility index (Phi) is 3.82. The Labute approximate surface area is 128 Å². The van der Waals surface area contributed by atoms with Crippen LogP contribution < -0.4 is 19.7 Å². The van der Waals surface area contributed by atoms with E-state index in [4.69, 9.17) is 9.47 Å². The standard InChI is InChI=1S/C16H17N3O3/c1-19(2)15-8-12(5-6-17-15)16(20)18-9-11-3-4-13-14(7-11)22-10-21-13/h3-8H,9-10H2,1-2H3,(H,18,20). The maximum absolute atomic E-state index is 12.2. The Hall–Kier alpha value is -2.76. The third kappa shape index (κ3) is 2.95. The number of aromatic nitrogens is 1. The van der Waals surface area contributed by atoms with Crippen LogP contribution in [0.2, 0.25) is 0 Å². The summed E-state index contributed by atoms with van der Waals surface area (Å²) in [6.07, 6.45) is 1.63. The van der Waals surface area contributed by atoms with E-state index < -0.39 is 0 Å². The molecule has 1 aromatic carbocycles. The summed E-state index contributed by atoms with van der Waals surface area (Å²) in [6.45, 7) is 0.671. The summed E-state index contributed by atoms with van der Waals surface area (Å²) in [4.78, 5) is 18.3. The fourth-order valence-electron chi connectivity index (χ4n) is 2.14. The number of fused-ring (bicyclic) bond motifs is 1. The Morgan fingerprint density at radius 1 is 1.23 bits per heavy atom. The van der Waals surface area contributed by atoms with E-state index in [0.717, 1.165) is 17.1 Å². The van der Waals surface area contributed by atoms with E-state index in [-0.39, 0.29) is 12.7 Å². The minimum Gasteiger partial charge on any atom is -0.454 e. The molecule has 6 heteroatoms. The zero-order chi connectivity index (χ0) is 15.5. The van der Waals surface area contributed by atoms with Crippen molar-refractivity contribution >= 4 is 11.7 Å². The van der Waals surface area contributed by atoms with Crippen molar-refractivity contribution < 1.29 is 14.3 Å². The molecule has 114 valence electrons. The lowest BCUT2D eigenvalue weighted by Crippen LogP contribution is -2.23. The first-order valence-corrected chi connectivity index (χ1v) is 6.93. The number of amides is 1. The maximum atomic E-state index is 12.2. The van der Waals surface area contributed by atoms with Gasteiger partial charge in [0.2, 0.25) is 6.79 Å². The number of hydrogen-bond acceptors (Lipinski definition) is 5. The van der Waals surface area contributed by atoms with Crippen LogP contribution in [-0.4, -0.2) is 31.8 Å². The SMILES string of the molecule is CN(C)c1cc(C(=O)NCc2ccc3c(c2)OCO3)ccn1. The predicted molar refractivity (Wildman–Crippen MR) is 82.3 cm³/mol. The van der Waals surface area contributed by atoms with E-state index >= 15 is 0 Å². The fraction of sp³-hybridized carbons (Fsp3) is 0.250. The molecular formula is C16H17N3O3. The highest BCUT2D eigenvalue weighted by Crippen LogP contribution is 2.32. The van der Waals surface area contributed by atoms with Gasteiger partial charge in [-0.25, -0.2) is 4.98 Å². The molecule has 3 rings (SSSR count). The Morgan fingerprint density at radius 3 is 2.86 bits per heavy atom. The molecule has 1 aliphatic rings. The van der Waals surface area contributed by atoms with Crippen molar-refractivity contribution in [3.05, 3.63) is 47.7 Å². The van der Waals surface area contributed by atoms with Crippen molar-refractivity contribution in [1.82, 2.24) is 10.3 Å². The molecule has 1 N–H and O–H groups in total. The number of ether oxygens (including phenoxy) is 2. The highest BCUT2D eigenvalue weighted by atomic mass is 16.7. The minimum absolute atomic E-state index is 0.136. The van der Waals surface area contributed by atoms with E-state index in [1.165, 1.54) is 0 Å². The Balaban J connectivity index is 1.66. The summed E-state index contributed by atoms with van der Waals surface area (Å²) >= 11 is 0. The third-order valence-corrected chi connectivity index (χ3v) is 3.36. The van der Waals surface area contributed by atoms with E-state index in [2.05, 4.69) is 10.3 Å². The van der Waals surface area contributed by atoms with Crippen LogP contribution >= 0.6 is 0 Å². The molecule has 1 aliphatic heterocycles.